The van der Waals surface area contributed by atoms with Gasteiger partial charge < -0.3 is 4.74 Å². The van der Waals surface area contributed by atoms with E-state index in [1.807, 2.05) is 0 Å². The molecule has 0 radical (unpaired) electrons. The highest BCUT2D eigenvalue weighted by Crippen LogP contribution is 2.29. The number of ether oxygens (including phenoxy) is 1. The van der Waals surface area contributed by atoms with Crippen molar-refractivity contribution in [3.05, 3.63) is 63.2 Å². The van der Waals surface area contributed by atoms with Crippen molar-refractivity contribution < 1.29 is 14.5 Å². The maximum Gasteiger partial charge on any atom is 0.338 e. The Morgan fingerprint density at radius 2 is 1.85 bits per heavy atom. The number of nitrogens with zero attached hydrogens (tertiary/aromatic N) is 1. The van der Waals surface area contributed by atoms with Gasteiger partial charge in [0.25, 0.3) is 5.69 Å². The number of methoxy groups -OCH3 is 1. The van der Waals surface area contributed by atoms with Gasteiger partial charge in [0.2, 0.25) is 0 Å². The molecule has 0 bridgehead atoms. The van der Waals surface area contributed by atoms with E-state index >= 15 is 0 Å². The molecule has 0 saturated carbocycles. The van der Waals surface area contributed by atoms with Crippen LogP contribution in [0.15, 0.2) is 42.5 Å². The third-order valence-corrected chi connectivity index (χ3v) is 3.03. The largest absolute Gasteiger partial charge is 0.465 e. The number of carbonyl (C=O) groups is 1. The number of nitro groups is 1. The molecule has 0 aliphatic carbocycles. The Bertz CT molecular complexity index is 667. The average Bonchev–Trinajstić information content (AvgIpc) is 2.46. The molecular weight excluding hydrogens is 282 g/mol. The minimum Gasteiger partial charge on any atom is -0.465 e. The lowest BCUT2D eigenvalue weighted by Gasteiger charge is -2.08. The number of carbonyl (C=O) groups excluding carboxylic acids is 1. The van der Waals surface area contributed by atoms with Gasteiger partial charge in [-0.3, -0.25) is 10.1 Å². The first kappa shape index (κ1) is 14.0. The first-order chi connectivity index (χ1) is 9.52. The van der Waals surface area contributed by atoms with Gasteiger partial charge in [0.1, 0.15) is 0 Å². The molecule has 0 N–H and O–H groups in total. The van der Waals surface area contributed by atoms with Crippen molar-refractivity contribution in [2.75, 3.05) is 7.11 Å². The quantitative estimate of drug-likeness (QED) is 0.491. The van der Waals surface area contributed by atoms with Crippen LogP contribution in [0.3, 0.4) is 0 Å². The minimum absolute atomic E-state index is 0.0948. The smallest absolute Gasteiger partial charge is 0.338 e. The first-order valence-electron chi connectivity index (χ1n) is 5.65. The molecule has 20 heavy (non-hydrogen) atoms. The molecule has 102 valence electrons. The van der Waals surface area contributed by atoms with Crippen LogP contribution in [0, 0.1) is 10.1 Å². The summed E-state index contributed by atoms with van der Waals surface area (Å²) in [5.41, 5.74) is 1.25. The predicted octanol–water partition coefficient (Wildman–Crippen LogP) is 3.70. The topological polar surface area (TPSA) is 69.4 Å². The predicted molar refractivity (Wildman–Crippen MR) is 74.9 cm³/mol. The van der Waals surface area contributed by atoms with E-state index < -0.39 is 10.9 Å². The monoisotopic (exact) mass is 291 g/mol. The molecule has 0 amide bonds. The highest BCUT2D eigenvalue weighted by molar-refractivity contribution is 6.30. The molecule has 5 nitrogen and oxygen atoms in total. The summed E-state index contributed by atoms with van der Waals surface area (Å²) < 4.78 is 4.69. The molecule has 0 aliphatic rings. The van der Waals surface area contributed by atoms with Crippen LogP contribution in [0.1, 0.15) is 10.4 Å². The number of nitro benzene ring substituents is 1. The molecule has 2 aromatic rings. The van der Waals surface area contributed by atoms with Gasteiger partial charge in [0.05, 0.1) is 17.6 Å². The van der Waals surface area contributed by atoms with Gasteiger partial charge in [-0.25, -0.2) is 4.79 Å². The summed E-state index contributed by atoms with van der Waals surface area (Å²) >= 11 is 5.81. The first-order valence-corrected chi connectivity index (χ1v) is 6.03. The van der Waals surface area contributed by atoms with Gasteiger partial charge in [-0.15, -0.1) is 0 Å². The zero-order valence-electron chi connectivity index (χ0n) is 10.5. The van der Waals surface area contributed by atoms with Crippen LogP contribution in [0.4, 0.5) is 5.69 Å². The molecule has 0 aliphatic heterocycles. The SMILES string of the molecule is COC(=O)c1ccc([N+](=O)[O-])cc1-c1ccc(Cl)cc1. The molecule has 0 aromatic heterocycles. The second-order valence-electron chi connectivity index (χ2n) is 3.99. The number of rotatable bonds is 3. The van der Waals surface area contributed by atoms with Gasteiger partial charge >= 0.3 is 5.97 Å². The van der Waals surface area contributed by atoms with E-state index in [1.54, 1.807) is 24.3 Å². The van der Waals surface area contributed by atoms with Gasteiger partial charge in [-0.1, -0.05) is 23.7 Å². The Balaban J connectivity index is 2.62. The van der Waals surface area contributed by atoms with Crippen molar-refractivity contribution >= 4 is 23.3 Å². The summed E-state index contributed by atoms with van der Waals surface area (Å²) in [6, 6.07) is 10.7. The summed E-state index contributed by atoms with van der Waals surface area (Å²) in [7, 11) is 1.26. The number of esters is 1. The fourth-order valence-electron chi connectivity index (χ4n) is 1.80. The summed E-state index contributed by atoms with van der Waals surface area (Å²) in [5, 5.41) is 11.4. The van der Waals surface area contributed by atoms with E-state index in [-0.39, 0.29) is 11.3 Å². The number of hydrogen-bond donors (Lipinski definition) is 0. The average molecular weight is 292 g/mol. The normalized spacial score (nSPS) is 10.1. The minimum atomic E-state index is -0.551. The van der Waals surface area contributed by atoms with Gasteiger partial charge in [-0.05, 0) is 23.8 Å². The van der Waals surface area contributed by atoms with Crippen LogP contribution >= 0.6 is 11.6 Å². The van der Waals surface area contributed by atoms with E-state index in [0.717, 1.165) is 0 Å². The van der Waals surface area contributed by atoms with Crippen molar-refractivity contribution in [2.45, 2.75) is 0 Å². The molecule has 6 heteroatoms. The van der Waals surface area contributed by atoms with Gasteiger partial charge in [-0.2, -0.15) is 0 Å². The van der Waals surface area contributed by atoms with Crippen molar-refractivity contribution in [2.24, 2.45) is 0 Å². The van der Waals surface area contributed by atoms with Crippen LogP contribution in [0.5, 0.6) is 0 Å². The number of non-ortho nitro benzene ring substituents is 1. The van der Waals surface area contributed by atoms with E-state index in [0.29, 0.717) is 16.1 Å². The Labute approximate surface area is 119 Å². The number of benzene rings is 2. The van der Waals surface area contributed by atoms with E-state index in [4.69, 9.17) is 11.6 Å². The maximum atomic E-state index is 11.7. The standard InChI is InChI=1S/C14H10ClNO4/c1-20-14(17)12-7-6-11(16(18)19)8-13(12)9-2-4-10(15)5-3-9/h2-8H,1H3. The second kappa shape index (κ2) is 5.71. The molecule has 0 atom stereocenters. The van der Waals surface area contributed by atoms with E-state index in [1.165, 1.54) is 25.3 Å². The van der Waals surface area contributed by atoms with Crippen molar-refractivity contribution in [3.63, 3.8) is 0 Å². The van der Waals surface area contributed by atoms with Crippen LogP contribution in [-0.4, -0.2) is 18.0 Å². The fourth-order valence-corrected chi connectivity index (χ4v) is 1.93. The zero-order valence-corrected chi connectivity index (χ0v) is 11.3. The second-order valence-corrected chi connectivity index (χ2v) is 4.42. The lowest BCUT2D eigenvalue weighted by atomic mass is 9.99. The number of hydrogen-bond acceptors (Lipinski definition) is 4. The van der Waals surface area contributed by atoms with Crippen LogP contribution in [0.25, 0.3) is 11.1 Å². The fraction of sp³-hybridized carbons (Fsp3) is 0.0714. The molecule has 0 spiro atoms. The molecule has 2 aromatic carbocycles. The Morgan fingerprint density at radius 3 is 2.40 bits per heavy atom. The summed E-state index contributed by atoms with van der Waals surface area (Å²) in [6.45, 7) is 0. The third-order valence-electron chi connectivity index (χ3n) is 2.77. The molecule has 0 heterocycles. The van der Waals surface area contributed by atoms with Crippen molar-refractivity contribution in [3.8, 4) is 11.1 Å². The highest BCUT2D eigenvalue weighted by atomic mass is 35.5. The highest BCUT2D eigenvalue weighted by Gasteiger charge is 2.17. The summed E-state index contributed by atoms with van der Waals surface area (Å²) in [6.07, 6.45) is 0. The molecule has 0 unspecified atom stereocenters. The summed E-state index contributed by atoms with van der Waals surface area (Å²) in [5.74, 6) is -0.551. The van der Waals surface area contributed by atoms with Crippen molar-refractivity contribution in [1.82, 2.24) is 0 Å². The van der Waals surface area contributed by atoms with Gasteiger partial charge in [0.15, 0.2) is 0 Å². The van der Waals surface area contributed by atoms with Gasteiger partial charge in [0, 0.05) is 22.7 Å². The Hall–Kier alpha value is -2.40. The molecule has 0 saturated heterocycles. The summed E-state index contributed by atoms with van der Waals surface area (Å²) in [4.78, 5) is 22.1. The Morgan fingerprint density at radius 1 is 1.20 bits per heavy atom. The lowest BCUT2D eigenvalue weighted by molar-refractivity contribution is -0.384. The zero-order chi connectivity index (χ0) is 14.7. The van der Waals surface area contributed by atoms with Crippen molar-refractivity contribution in [1.29, 1.82) is 0 Å². The molecule has 2 rings (SSSR count). The van der Waals surface area contributed by atoms with Crippen LogP contribution in [-0.2, 0) is 4.74 Å². The number of halogens is 1. The lowest BCUT2D eigenvalue weighted by Crippen LogP contribution is -2.04. The Kier molecular flexibility index (Phi) is 4.00. The molecule has 0 fully saturated rings. The van der Waals surface area contributed by atoms with E-state index in [2.05, 4.69) is 4.74 Å². The van der Waals surface area contributed by atoms with Crippen LogP contribution in [0.2, 0.25) is 5.02 Å². The molecular formula is C14H10ClNO4. The maximum absolute atomic E-state index is 11.7. The third kappa shape index (κ3) is 2.78. The van der Waals surface area contributed by atoms with Crippen LogP contribution < -0.4 is 0 Å². The van der Waals surface area contributed by atoms with E-state index in [9.17, 15) is 14.9 Å².